The molecule has 0 bridgehead atoms. The topological polar surface area (TPSA) is 54.2 Å². The number of nitrogens with one attached hydrogen (secondary N) is 1. The van der Waals surface area contributed by atoms with E-state index in [1.807, 2.05) is 13.0 Å². The number of hydrogen-bond donors (Lipinski definition) is 2. The molecule has 15 heavy (non-hydrogen) atoms. The Bertz CT molecular complexity index is 331. The molecule has 0 saturated carbocycles. The fourth-order valence-corrected chi connectivity index (χ4v) is 1.87. The van der Waals surface area contributed by atoms with Crippen molar-refractivity contribution in [1.82, 2.24) is 9.99 Å². The van der Waals surface area contributed by atoms with Gasteiger partial charge in [-0.2, -0.15) is 0 Å². The van der Waals surface area contributed by atoms with Crippen molar-refractivity contribution in [3.05, 3.63) is 17.8 Å². The van der Waals surface area contributed by atoms with Crippen molar-refractivity contribution in [1.29, 1.82) is 0 Å². The summed E-state index contributed by atoms with van der Waals surface area (Å²) in [6, 6.07) is 1.94. The van der Waals surface area contributed by atoms with Gasteiger partial charge in [0.1, 0.15) is 5.82 Å². The Morgan fingerprint density at radius 2 is 2.07 bits per heavy atom. The Labute approximate surface area is 90.5 Å². The van der Waals surface area contributed by atoms with E-state index in [0.717, 1.165) is 30.2 Å². The first-order valence-corrected chi connectivity index (χ1v) is 5.49. The quantitative estimate of drug-likeness (QED) is 0.774. The van der Waals surface area contributed by atoms with Crippen LogP contribution in [0.2, 0.25) is 0 Å². The van der Waals surface area contributed by atoms with Crippen LogP contribution in [0.15, 0.2) is 12.3 Å². The molecule has 4 nitrogen and oxygen atoms in total. The van der Waals surface area contributed by atoms with Crippen molar-refractivity contribution in [3.8, 4) is 0 Å². The van der Waals surface area contributed by atoms with E-state index < -0.39 is 0 Å². The summed E-state index contributed by atoms with van der Waals surface area (Å²) in [4.78, 5) is 4.29. The molecule has 0 unspecified atom stereocenters. The number of pyridine rings is 1. The molecule has 0 radical (unpaired) electrons. The van der Waals surface area contributed by atoms with E-state index in [1.165, 1.54) is 19.3 Å². The molecule has 4 heteroatoms. The maximum Gasteiger partial charge on any atom is 0.143 e. The van der Waals surface area contributed by atoms with Crippen molar-refractivity contribution in [3.63, 3.8) is 0 Å². The van der Waals surface area contributed by atoms with Crippen LogP contribution < -0.4 is 11.2 Å². The number of nitrogens with two attached hydrogens (primary N) is 1. The fourth-order valence-electron chi connectivity index (χ4n) is 1.87. The van der Waals surface area contributed by atoms with Crippen molar-refractivity contribution in [2.45, 2.75) is 26.2 Å². The molecule has 1 aliphatic rings. The maximum atomic E-state index is 5.66. The highest BCUT2D eigenvalue weighted by Gasteiger charge is 2.11. The third kappa shape index (κ3) is 2.59. The number of piperidine rings is 1. The number of nitrogens with zero attached hydrogens (tertiary/aromatic N) is 2. The van der Waals surface area contributed by atoms with Gasteiger partial charge in [0.2, 0.25) is 0 Å². The Balaban J connectivity index is 2.03. The minimum Gasteiger partial charge on any atom is -0.397 e. The summed E-state index contributed by atoms with van der Waals surface area (Å²) in [5.41, 5.74) is 10.8. The van der Waals surface area contributed by atoms with Crippen LogP contribution in [-0.2, 0) is 0 Å². The lowest BCUT2D eigenvalue weighted by Gasteiger charge is -2.27. The molecule has 1 fully saturated rings. The van der Waals surface area contributed by atoms with E-state index in [2.05, 4.69) is 15.4 Å². The molecule has 1 aromatic heterocycles. The third-order valence-electron chi connectivity index (χ3n) is 2.72. The van der Waals surface area contributed by atoms with Gasteiger partial charge >= 0.3 is 0 Å². The fraction of sp³-hybridized carbons (Fsp3) is 0.545. The first-order valence-electron chi connectivity index (χ1n) is 5.49. The molecule has 82 valence electrons. The molecule has 2 heterocycles. The summed E-state index contributed by atoms with van der Waals surface area (Å²) in [6.45, 7) is 4.23. The second kappa shape index (κ2) is 4.49. The van der Waals surface area contributed by atoms with E-state index in [9.17, 15) is 0 Å². The Kier molecular flexibility index (Phi) is 3.06. The van der Waals surface area contributed by atoms with Crippen LogP contribution >= 0.6 is 0 Å². The smallest absolute Gasteiger partial charge is 0.143 e. The van der Waals surface area contributed by atoms with Crippen molar-refractivity contribution in [2.75, 3.05) is 24.2 Å². The highest BCUT2D eigenvalue weighted by Crippen LogP contribution is 2.16. The number of hydrazine groups is 1. The number of anilines is 2. The second-order valence-electron chi connectivity index (χ2n) is 4.09. The lowest BCUT2D eigenvalue weighted by molar-refractivity contribution is 0.272. The predicted molar refractivity (Wildman–Crippen MR) is 62.4 cm³/mol. The van der Waals surface area contributed by atoms with Gasteiger partial charge in [-0.1, -0.05) is 6.42 Å². The van der Waals surface area contributed by atoms with Crippen LogP contribution in [0.3, 0.4) is 0 Å². The average Bonchev–Trinajstić information content (AvgIpc) is 2.24. The summed E-state index contributed by atoms with van der Waals surface area (Å²) < 4.78 is 0. The standard InChI is InChI=1S/C11H18N4/c1-9-7-10(12)8-13-11(9)14-15-5-3-2-4-6-15/h7-8H,2-6,12H2,1H3,(H,13,14). The molecular formula is C11H18N4. The third-order valence-corrected chi connectivity index (χ3v) is 2.72. The monoisotopic (exact) mass is 206 g/mol. The number of aryl methyl sites for hydroxylation is 1. The minimum absolute atomic E-state index is 0.719. The van der Waals surface area contributed by atoms with Gasteiger partial charge in [-0.25, -0.2) is 9.99 Å². The van der Waals surface area contributed by atoms with E-state index >= 15 is 0 Å². The van der Waals surface area contributed by atoms with E-state index in [-0.39, 0.29) is 0 Å². The lowest BCUT2D eigenvalue weighted by Crippen LogP contribution is -2.35. The van der Waals surface area contributed by atoms with Gasteiger partial charge in [-0.15, -0.1) is 0 Å². The molecular weight excluding hydrogens is 188 g/mol. The molecule has 2 rings (SSSR count). The Hall–Kier alpha value is -1.29. The zero-order chi connectivity index (χ0) is 10.7. The minimum atomic E-state index is 0.719. The molecule has 3 N–H and O–H groups in total. The zero-order valence-electron chi connectivity index (χ0n) is 9.16. The number of nitrogen functional groups attached to an aromatic ring is 1. The van der Waals surface area contributed by atoms with Gasteiger partial charge in [0.25, 0.3) is 0 Å². The van der Waals surface area contributed by atoms with Crippen LogP contribution in [-0.4, -0.2) is 23.1 Å². The van der Waals surface area contributed by atoms with Gasteiger partial charge in [-0.3, -0.25) is 0 Å². The molecule has 1 aromatic rings. The lowest BCUT2D eigenvalue weighted by atomic mass is 10.2. The van der Waals surface area contributed by atoms with Crippen molar-refractivity contribution >= 4 is 11.5 Å². The molecule has 1 saturated heterocycles. The largest absolute Gasteiger partial charge is 0.397 e. The summed E-state index contributed by atoms with van der Waals surface area (Å²) in [5, 5.41) is 2.23. The Morgan fingerprint density at radius 3 is 2.73 bits per heavy atom. The number of rotatable bonds is 2. The van der Waals surface area contributed by atoms with E-state index in [4.69, 9.17) is 5.73 Å². The van der Waals surface area contributed by atoms with Crippen LogP contribution in [0.1, 0.15) is 24.8 Å². The highest BCUT2D eigenvalue weighted by atomic mass is 15.5. The highest BCUT2D eigenvalue weighted by molar-refractivity contribution is 5.50. The number of aromatic nitrogens is 1. The van der Waals surface area contributed by atoms with Crippen LogP contribution in [0.25, 0.3) is 0 Å². The molecule has 0 atom stereocenters. The molecule has 0 aliphatic carbocycles. The SMILES string of the molecule is Cc1cc(N)cnc1NN1CCCCC1. The summed E-state index contributed by atoms with van der Waals surface area (Å²) >= 11 is 0. The summed E-state index contributed by atoms with van der Waals surface area (Å²) in [7, 11) is 0. The first-order chi connectivity index (χ1) is 7.25. The first kappa shape index (κ1) is 10.2. The summed E-state index contributed by atoms with van der Waals surface area (Å²) in [6.07, 6.45) is 5.56. The predicted octanol–water partition coefficient (Wildman–Crippen LogP) is 1.79. The molecule has 0 amide bonds. The van der Waals surface area contributed by atoms with Gasteiger partial charge in [0.15, 0.2) is 0 Å². The molecule has 1 aliphatic heterocycles. The average molecular weight is 206 g/mol. The van der Waals surface area contributed by atoms with Crippen molar-refractivity contribution < 1.29 is 0 Å². The maximum absolute atomic E-state index is 5.66. The number of hydrogen-bond acceptors (Lipinski definition) is 4. The Morgan fingerprint density at radius 1 is 1.33 bits per heavy atom. The van der Waals surface area contributed by atoms with Gasteiger partial charge < -0.3 is 11.2 Å². The molecule has 0 aromatic carbocycles. The second-order valence-corrected chi connectivity index (χ2v) is 4.09. The molecule has 0 spiro atoms. The van der Waals surface area contributed by atoms with Gasteiger partial charge in [0, 0.05) is 13.1 Å². The van der Waals surface area contributed by atoms with Crippen LogP contribution in [0.5, 0.6) is 0 Å². The van der Waals surface area contributed by atoms with E-state index in [1.54, 1.807) is 6.20 Å². The normalized spacial score (nSPS) is 17.7. The zero-order valence-corrected chi connectivity index (χ0v) is 9.16. The van der Waals surface area contributed by atoms with Gasteiger partial charge in [0.05, 0.1) is 11.9 Å². The van der Waals surface area contributed by atoms with Crippen LogP contribution in [0, 0.1) is 6.92 Å². The van der Waals surface area contributed by atoms with Crippen molar-refractivity contribution in [2.24, 2.45) is 0 Å². The summed E-state index contributed by atoms with van der Waals surface area (Å²) in [5.74, 6) is 0.922. The van der Waals surface area contributed by atoms with E-state index in [0.29, 0.717) is 0 Å². The van der Waals surface area contributed by atoms with Gasteiger partial charge in [-0.05, 0) is 31.4 Å². The van der Waals surface area contributed by atoms with Crippen LogP contribution in [0.4, 0.5) is 11.5 Å².